The summed E-state index contributed by atoms with van der Waals surface area (Å²) in [5, 5.41) is 6.66. The molecule has 0 amide bonds. The van der Waals surface area contributed by atoms with Crippen LogP contribution in [0.2, 0.25) is 0 Å². The number of hydrogen-bond donors (Lipinski definition) is 2. The lowest BCUT2D eigenvalue weighted by Crippen LogP contribution is -2.29. The molecule has 1 aromatic heterocycles. The molecule has 2 heterocycles. The van der Waals surface area contributed by atoms with Crippen molar-refractivity contribution in [3.05, 3.63) is 11.8 Å². The van der Waals surface area contributed by atoms with Crippen molar-refractivity contribution in [2.75, 3.05) is 25.5 Å². The fraction of sp³-hybridized carbons (Fsp3) is 0.636. The van der Waals surface area contributed by atoms with Gasteiger partial charge in [0.15, 0.2) is 0 Å². The molecule has 1 unspecified atom stereocenters. The van der Waals surface area contributed by atoms with E-state index in [0.29, 0.717) is 17.9 Å². The summed E-state index contributed by atoms with van der Waals surface area (Å²) >= 11 is 0. The van der Waals surface area contributed by atoms with Crippen molar-refractivity contribution in [3.8, 4) is 5.88 Å². The third-order valence-corrected chi connectivity index (χ3v) is 2.71. The minimum Gasteiger partial charge on any atom is -0.481 e. The van der Waals surface area contributed by atoms with Gasteiger partial charge >= 0.3 is 0 Å². The van der Waals surface area contributed by atoms with E-state index in [0.717, 1.165) is 18.8 Å². The van der Waals surface area contributed by atoms with Crippen molar-refractivity contribution in [1.82, 2.24) is 15.3 Å². The monoisotopic (exact) mass is 222 g/mol. The number of nitrogens with zero attached hydrogens (tertiary/aromatic N) is 2. The second kappa shape index (κ2) is 5.12. The first-order chi connectivity index (χ1) is 7.78. The van der Waals surface area contributed by atoms with Crippen LogP contribution < -0.4 is 15.4 Å². The van der Waals surface area contributed by atoms with Crippen molar-refractivity contribution in [2.24, 2.45) is 0 Å². The van der Waals surface area contributed by atoms with E-state index >= 15 is 0 Å². The summed E-state index contributed by atoms with van der Waals surface area (Å²) < 4.78 is 5.10. The van der Waals surface area contributed by atoms with Gasteiger partial charge in [-0.15, -0.1) is 0 Å². The lowest BCUT2D eigenvalue weighted by molar-refractivity contribution is 0.397. The van der Waals surface area contributed by atoms with E-state index in [4.69, 9.17) is 4.74 Å². The van der Waals surface area contributed by atoms with E-state index in [9.17, 15) is 0 Å². The van der Waals surface area contributed by atoms with Crippen molar-refractivity contribution >= 4 is 5.95 Å². The Labute approximate surface area is 95.6 Å². The number of rotatable bonds is 4. The lowest BCUT2D eigenvalue weighted by Gasteiger charge is -2.12. The molecule has 2 rings (SSSR count). The summed E-state index contributed by atoms with van der Waals surface area (Å²) in [4.78, 5) is 8.55. The second-order valence-electron chi connectivity index (χ2n) is 4.05. The molecular weight excluding hydrogens is 204 g/mol. The Morgan fingerprint density at radius 2 is 2.44 bits per heavy atom. The number of ether oxygens (including phenoxy) is 1. The Morgan fingerprint density at radius 3 is 3.12 bits per heavy atom. The Hall–Kier alpha value is -1.36. The number of anilines is 1. The normalized spacial score (nSPS) is 19.8. The van der Waals surface area contributed by atoms with Crippen molar-refractivity contribution in [1.29, 1.82) is 0 Å². The summed E-state index contributed by atoms with van der Waals surface area (Å²) in [5.74, 6) is 1.25. The molecule has 0 spiro atoms. The minimum atomic E-state index is 0.537. The van der Waals surface area contributed by atoms with Crippen molar-refractivity contribution < 1.29 is 4.74 Å². The molecule has 1 aliphatic heterocycles. The smallest absolute Gasteiger partial charge is 0.226 e. The predicted molar refractivity (Wildman–Crippen MR) is 62.8 cm³/mol. The highest BCUT2D eigenvalue weighted by Gasteiger charge is 2.13. The molecule has 1 saturated heterocycles. The molecule has 0 saturated carbocycles. The van der Waals surface area contributed by atoms with Crippen molar-refractivity contribution in [2.45, 2.75) is 25.8 Å². The fourth-order valence-corrected chi connectivity index (χ4v) is 1.87. The summed E-state index contributed by atoms with van der Waals surface area (Å²) in [6, 6.07) is 2.36. The van der Waals surface area contributed by atoms with Gasteiger partial charge in [-0.2, -0.15) is 4.98 Å². The van der Waals surface area contributed by atoms with Gasteiger partial charge in [0, 0.05) is 24.3 Å². The molecule has 5 nitrogen and oxygen atoms in total. The molecule has 1 aromatic rings. The van der Waals surface area contributed by atoms with Gasteiger partial charge in [-0.05, 0) is 26.3 Å². The lowest BCUT2D eigenvalue weighted by atomic mass is 10.2. The first kappa shape index (κ1) is 11.1. The summed E-state index contributed by atoms with van der Waals surface area (Å²) in [7, 11) is 1.62. The van der Waals surface area contributed by atoms with Crippen LogP contribution in [0, 0.1) is 6.92 Å². The largest absolute Gasteiger partial charge is 0.481 e. The molecule has 1 aliphatic rings. The molecule has 16 heavy (non-hydrogen) atoms. The molecule has 0 bridgehead atoms. The minimum absolute atomic E-state index is 0.537. The maximum Gasteiger partial charge on any atom is 0.226 e. The SMILES string of the molecule is COc1cc(C)nc(NCC2CCCN2)n1. The van der Waals surface area contributed by atoms with Crippen LogP contribution in [0.1, 0.15) is 18.5 Å². The first-order valence-electron chi connectivity index (χ1n) is 5.65. The Balaban J connectivity index is 1.94. The highest BCUT2D eigenvalue weighted by Crippen LogP contribution is 2.12. The number of methoxy groups -OCH3 is 1. The van der Waals surface area contributed by atoms with Gasteiger partial charge in [0.1, 0.15) is 0 Å². The molecule has 5 heteroatoms. The molecule has 1 atom stereocenters. The average molecular weight is 222 g/mol. The van der Waals surface area contributed by atoms with Gasteiger partial charge in [-0.1, -0.05) is 0 Å². The molecule has 0 aliphatic carbocycles. The number of hydrogen-bond acceptors (Lipinski definition) is 5. The number of aromatic nitrogens is 2. The van der Waals surface area contributed by atoms with E-state index in [-0.39, 0.29) is 0 Å². The van der Waals surface area contributed by atoms with Gasteiger partial charge < -0.3 is 15.4 Å². The molecule has 0 radical (unpaired) electrons. The van der Waals surface area contributed by atoms with Crippen LogP contribution in [0.5, 0.6) is 5.88 Å². The maximum absolute atomic E-state index is 5.10. The van der Waals surface area contributed by atoms with Crippen LogP contribution in [0.15, 0.2) is 6.07 Å². The standard InChI is InChI=1S/C11H18N4O/c1-8-6-10(16-2)15-11(14-8)13-7-9-4-3-5-12-9/h6,9,12H,3-5,7H2,1-2H3,(H,13,14,15). The highest BCUT2D eigenvalue weighted by atomic mass is 16.5. The third-order valence-electron chi connectivity index (χ3n) is 2.71. The van der Waals surface area contributed by atoms with E-state index in [2.05, 4.69) is 20.6 Å². The molecule has 1 fully saturated rings. The first-order valence-corrected chi connectivity index (χ1v) is 5.65. The highest BCUT2D eigenvalue weighted by molar-refractivity contribution is 5.30. The maximum atomic E-state index is 5.10. The average Bonchev–Trinajstić information content (AvgIpc) is 2.78. The number of aryl methyl sites for hydroxylation is 1. The Morgan fingerprint density at radius 1 is 1.56 bits per heavy atom. The third kappa shape index (κ3) is 2.82. The predicted octanol–water partition coefficient (Wildman–Crippen LogP) is 0.958. The van der Waals surface area contributed by atoms with Crippen molar-refractivity contribution in [3.63, 3.8) is 0 Å². The van der Waals surface area contributed by atoms with Gasteiger partial charge in [-0.25, -0.2) is 4.98 Å². The zero-order valence-corrected chi connectivity index (χ0v) is 9.79. The molecule has 88 valence electrons. The van der Waals surface area contributed by atoms with Gasteiger partial charge in [0.05, 0.1) is 7.11 Å². The fourth-order valence-electron chi connectivity index (χ4n) is 1.87. The van der Waals surface area contributed by atoms with Crippen LogP contribution in [-0.2, 0) is 0 Å². The van der Waals surface area contributed by atoms with Gasteiger partial charge in [0.2, 0.25) is 11.8 Å². The van der Waals surface area contributed by atoms with E-state index < -0.39 is 0 Å². The molecular formula is C11H18N4O. The van der Waals surface area contributed by atoms with E-state index in [1.807, 2.05) is 13.0 Å². The van der Waals surface area contributed by atoms with Gasteiger partial charge in [-0.3, -0.25) is 0 Å². The van der Waals surface area contributed by atoms with Crippen LogP contribution in [0.3, 0.4) is 0 Å². The van der Waals surface area contributed by atoms with Crippen LogP contribution >= 0.6 is 0 Å². The van der Waals surface area contributed by atoms with Crippen LogP contribution in [0.25, 0.3) is 0 Å². The Bertz CT molecular complexity index is 350. The zero-order valence-electron chi connectivity index (χ0n) is 9.79. The Kier molecular flexibility index (Phi) is 3.56. The van der Waals surface area contributed by atoms with Crippen LogP contribution in [0.4, 0.5) is 5.95 Å². The second-order valence-corrected chi connectivity index (χ2v) is 4.05. The molecule has 0 aromatic carbocycles. The number of nitrogens with one attached hydrogen (secondary N) is 2. The zero-order chi connectivity index (χ0) is 11.4. The van der Waals surface area contributed by atoms with E-state index in [1.165, 1.54) is 12.8 Å². The van der Waals surface area contributed by atoms with Crippen LogP contribution in [-0.4, -0.2) is 36.2 Å². The van der Waals surface area contributed by atoms with Gasteiger partial charge in [0.25, 0.3) is 0 Å². The topological polar surface area (TPSA) is 59.1 Å². The summed E-state index contributed by atoms with van der Waals surface area (Å²) in [6.45, 7) is 3.92. The summed E-state index contributed by atoms with van der Waals surface area (Å²) in [6.07, 6.45) is 2.47. The summed E-state index contributed by atoms with van der Waals surface area (Å²) in [5.41, 5.74) is 0.911. The quantitative estimate of drug-likeness (QED) is 0.794. The van der Waals surface area contributed by atoms with E-state index in [1.54, 1.807) is 7.11 Å². The molecule has 2 N–H and O–H groups in total.